The Morgan fingerprint density at radius 1 is 0.939 bits per heavy atom. The summed E-state index contributed by atoms with van der Waals surface area (Å²) in [5, 5.41) is 7.79. The van der Waals surface area contributed by atoms with Crippen molar-refractivity contribution in [2.24, 2.45) is 5.14 Å². The molecule has 3 N–H and O–H groups in total. The number of amides is 1. The molecule has 3 aromatic rings. The lowest BCUT2D eigenvalue weighted by molar-refractivity contribution is 0.102. The first-order valence-corrected chi connectivity index (χ1v) is 13.1. The third-order valence-electron chi connectivity index (χ3n) is 5.51. The summed E-state index contributed by atoms with van der Waals surface area (Å²) in [5.41, 5.74) is 3.06. The van der Waals surface area contributed by atoms with E-state index in [4.69, 9.17) is 5.14 Å². The highest BCUT2D eigenvalue weighted by Gasteiger charge is 2.36. The maximum Gasteiger partial charge on any atom is 0.264 e. The van der Waals surface area contributed by atoms with Crippen LogP contribution < -0.4 is 14.8 Å². The molecule has 0 aromatic heterocycles. The zero-order valence-electron chi connectivity index (χ0n) is 18.0. The smallest absolute Gasteiger partial charge is 0.264 e. The summed E-state index contributed by atoms with van der Waals surface area (Å²) < 4.78 is 50.7. The lowest BCUT2D eigenvalue weighted by atomic mass is 10.1. The molecular weight excluding hydrogens is 462 g/mol. The monoisotopic (exact) mass is 485 g/mol. The van der Waals surface area contributed by atoms with E-state index >= 15 is 0 Å². The van der Waals surface area contributed by atoms with Gasteiger partial charge in [0.2, 0.25) is 10.0 Å². The number of sulfonamides is 2. The molecule has 1 heterocycles. The third kappa shape index (κ3) is 4.50. The molecule has 4 rings (SSSR count). The fraction of sp³-hybridized carbons (Fsp3) is 0.174. The predicted octanol–water partition coefficient (Wildman–Crippen LogP) is 3.03. The average Bonchev–Trinajstić information content (AvgIpc) is 3.09. The summed E-state index contributed by atoms with van der Waals surface area (Å²) >= 11 is 0. The second-order valence-corrected chi connectivity index (χ2v) is 11.4. The Kier molecular flexibility index (Phi) is 5.77. The van der Waals surface area contributed by atoms with E-state index < -0.39 is 26.0 Å². The molecular formula is C23H23N3O5S2. The Balaban J connectivity index is 1.58. The molecule has 8 nitrogen and oxygen atoms in total. The molecule has 0 radical (unpaired) electrons. The Bertz CT molecular complexity index is 1430. The van der Waals surface area contributed by atoms with Crippen molar-refractivity contribution in [1.29, 1.82) is 0 Å². The van der Waals surface area contributed by atoms with Crippen LogP contribution in [-0.2, 0) is 26.5 Å². The van der Waals surface area contributed by atoms with Crippen LogP contribution in [0.1, 0.15) is 28.4 Å². The summed E-state index contributed by atoms with van der Waals surface area (Å²) in [4.78, 5) is 12.9. The van der Waals surface area contributed by atoms with E-state index in [1.807, 2.05) is 13.8 Å². The number of rotatable bonds is 5. The Hall–Kier alpha value is -3.21. The highest BCUT2D eigenvalue weighted by Crippen LogP contribution is 2.37. The summed E-state index contributed by atoms with van der Waals surface area (Å²) in [6.07, 6.45) is 0.477. The quantitative estimate of drug-likeness (QED) is 0.574. The number of hydrogen-bond donors (Lipinski definition) is 2. The van der Waals surface area contributed by atoms with Crippen LogP contribution in [0, 0.1) is 6.92 Å². The number of nitrogens with two attached hydrogens (primary N) is 1. The third-order valence-corrected chi connectivity index (χ3v) is 8.38. The van der Waals surface area contributed by atoms with Crippen molar-refractivity contribution < 1.29 is 21.6 Å². The molecule has 0 saturated heterocycles. The molecule has 1 atom stereocenters. The zero-order valence-corrected chi connectivity index (χ0v) is 19.7. The number of hydrogen-bond acceptors (Lipinski definition) is 5. The van der Waals surface area contributed by atoms with Gasteiger partial charge in [-0.05, 0) is 80.4 Å². The molecule has 0 bridgehead atoms. The van der Waals surface area contributed by atoms with Gasteiger partial charge in [-0.15, -0.1) is 0 Å². The summed E-state index contributed by atoms with van der Waals surface area (Å²) in [5.74, 6) is -0.395. The molecule has 3 aromatic carbocycles. The number of primary sulfonamides is 1. The molecule has 0 saturated carbocycles. The minimum Gasteiger partial charge on any atom is -0.322 e. The summed E-state index contributed by atoms with van der Waals surface area (Å²) in [6.45, 7) is 3.73. The van der Waals surface area contributed by atoms with Gasteiger partial charge in [-0.3, -0.25) is 9.10 Å². The fourth-order valence-electron chi connectivity index (χ4n) is 3.87. The lowest BCUT2D eigenvalue weighted by Gasteiger charge is -2.24. The second-order valence-electron chi connectivity index (χ2n) is 8.03. The van der Waals surface area contributed by atoms with Crippen LogP contribution in [-0.4, -0.2) is 28.8 Å². The number of benzene rings is 3. The van der Waals surface area contributed by atoms with Crippen molar-refractivity contribution in [2.75, 3.05) is 9.62 Å². The molecule has 10 heteroatoms. The average molecular weight is 486 g/mol. The van der Waals surface area contributed by atoms with Crippen LogP contribution in [0.2, 0.25) is 0 Å². The van der Waals surface area contributed by atoms with E-state index in [1.165, 1.54) is 28.6 Å². The van der Waals surface area contributed by atoms with Gasteiger partial charge in [-0.25, -0.2) is 22.0 Å². The summed E-state index contributed by atoms with van der Waals surface area (Å²) in [6, 6.07) is 16.8. The van der Waals surface area contributed by atoms with Crippen molar-refractivity contribution >= 4 is 37.3 Å². The van der Waals surface area contributed by atoms with Gasteiger partial charge in [0.25, 0.3) is 15.9 Å². The van der Waals surface area contributed by atoms with Gasteiger partial charge in [-0.1, -0.05) is 17.7 Å². The first-order valence-electron chi connectivity index (χ1n) is 10.1. The fourth-order valence-corrected chi connectivity index (χ4v) is 6.07. The van der Waals surface area contributed by atoms with Gasteiger partial charge < -0.3 is 5.32 Å². The molecule has 1 aliphatic heterocycles. The van der Waals surface area contributed by atoms with Gasteiger partial charge in [0, 0.05) is 17.3 Å². The van der Waals surface area contributed by atoms with E-state index in [9.17, 15) is 21.6 Å². The predicted molar refractivity (Wildman–Crippen MR) is 126 cm³/mol. The topological polar surface area (TPSA) is 127 Å². The van der Waals surface area contributed by atoms with Crippen molar-refractivity contribution in [2.45, 2.75) is 36.1 Å². The SMILES string of the molecule is Cc1ccc(S(=O)(=O)N2c3ccc(C(=O)Nc4ccc(S(N)(=O)=O)cc4)cc3C[C@H]2C)cc1. The first-order chi connectivity index (χ1) is 15.5. The molecule has 172 valence electrons. The number of fused-ring (bicyclic) bond motifs is 1. The van der Waals surface area contributed by atoms with Crippen LogP contribution in [0.15, 0.2) is 76.5 Å². The molecule has 0 spiro atoms. The largest absolute Gasteiger partial charge is 0.322 e. The minimum atomic E-state index is -3.82. The molecule has 0 unspecified atom stereocenters. The van der Waals surface area contributed by atoms with E-state index in [2.05, 4.69) is 5.32 Å². The van der Waals surface area contributed by atoms with Crippen LogP contribution >= 0.6 is 0 Å². The lowest BCUT2D eigenvalue weighted by Crippen LogP contribution is -2.35. The van der Waals surface area contributed by atoms with Gasteiger partial charge in [-0.2, -0.15) is 0 Å². The van der Waals surface area contributed by atoms with Gasteiger partial charge in [0.1, 0.15) is 0 Å². The van der Waals surface area contributed by atoms with Crippen LogP contribution in [0.3, 0.4) is 0 Å². The van der Waals surface area contributed by atoms with Crippen LogP contribution in [0.4, 0.5) is 11.4 Å². The van der Waals surface area contributed by atoms with E-state index in [1.54, 1.807) is 42.5 Å². The van der Waals surface area contributed by atoms with Crippen molar-refractivity contribution in [3.8, 4) is 0 Å². The van der Waals surface area contributed by atoms with Crippen LogP contribution in [0.5, 0.6) is 0 Å². The van der Waals surface area contributed by atoms with E-state index in [0.29, 0.717) is 23.4 Å². The molecule has 0 aliphatic carbocycles. The number of aryl methyl sites for hydroxylation is 1. The van der Waals surface area contributed by atoms with Crippen LogP contribution in [0.25, 0.3) is 0 Å². The molecule has 33 heavy (non-hydrogen) atoms. The zero-order chi connectivity index (χ0) is 24.0. The normalized spacial score (nSPS) is 15.8. The van der Waals surface area contributed by atoms with Gasteiger partial charge in [0.05, 0.1) is 15.5 Å². The number of anilines is 2. The van der Waals surface area contributed by atoms with Crippen molar-refractivity contribution in [3.63, 3.8) is 0 Å². The molecule has 0 fully saturated rings. The highest BCUT2D eigenvalue weighted by atomic mass is 32.2. The van der Waals surface area contributed by atoms with E-state index in [-0.39, 0.29) is 15.8 Å². The Morgan fingerprint density at radius 3 is 2.15 bits per heavy atom. The second kappa shape index (κ2) is 8.29. The van der Waals surface area contributed by atoms with Crippen molar-refractivity contribution in [3.05, 3.63) is 83.4 Å². The minimum absolute atomic E-state index is 0.0538. The number of carbonyl (C=O) groups is 1. The highest BCUT2D eigenvalue weighted by molar-refractivity contribution is 7.93. The van der Waals surface area contributed by atoms with Gasteiger partial charge >= 0.3 is 0 Å². The first kappa shape index (κ1) is 23.0. The molecule has 1 amide bonds. The Labute approximate surface area is 193 Å². The standard InChI is InChI=1S/C23H23N3O5S2/c1-15-3-8-21(9-4-15)33(30,31)26-16(2)13-18-14-17(5-12-22(18)26)23(27)25-19-6-10-20(11-7-19)32(24,28)29/h3-12,14,16H,13H2,1-2H3,(H,25,27)(H2,24,28,29)/t16-/m1/s1. The maximum atomic E-state index is 13.3. The number of nitrogens with one attached hydrogen (secondary N) is 1. The number of nitrogens with zero attached hydrogens (tertiary/aromatic N) is 1. The maximum absolute atomic E-state index is 13.3. The van der Waals surface area contributed by atoms with E-state index in [0.717, 1.165) is 11.1 Å². The summed E-state index contributed by atoms with van der Waals surface area (Å²) in [7, 11) is -7.56. The van der Waals surface area contributed by atoms with Crippen molar-refractivity contribution in [1.82, 2.24) is 0 Å². The Morgan fingerprint density at radius 2 is 1.55 bits per heavy atom. The molecule has 1 aliphatic rings. The van der Waals surface area contributed by atoms with Gasteiger partial charge in [0.15, 0.2) is 0 Å². The number of carbonyl (C=O) groups excluding carboxylic acids is 1.